The maximum atomic E-state index is 12.3. The quantitative estimate of drug-likeness (QED) is 0.823. The number of hydrogen-bond donors (Lipinski definition) is 1. The van der Waals surface area contributed by atoms with E-state index in [0.717, 1.165) is 0 Å². The molecule has 1 heterocycles. The predicted octanol–water partition coefficient (Wildman–Crippen LogP) is 2.31. The van der Waals surface area contributed by atoms with Gasteiger partial charge in [-0.05, 0) is 40.0 Å². The predicted molar refractivity (Wildman–Crippen MR) is 76.3 cm³/mol. The summed E-state index contributed by atoms with van der Waals surface area (Å²) in [6, 6.07) is 4.93. The highest BCUT2D eigenvalue weighted by molar-refractivity contribution is 9.11. The Labute approximate surface area is 127 Å². The van der Waals surface area contributed by atoms with Crippen molar-refractivity contribution in [1.82, 2.24) is 4.31 Å². The minimum atomic E-state index is -3.56. The molecule has 0 saturated carbocycles. The Kier molecular flexibility index (Phi) is 4.34. The van der Waals surface area contributed by atoms with Crippen LogP contribution in [-0.2, 0) is 14.8 Å². The monoisotopic (exact) mass is 411 g/mol. The Balaban J connectivity index is 2.17. The van der Waals surface area contributed by atoms with Gasteiger partial charge in [0.25, 0.3) is 0 Å². The number of halogens is 2. The Hall–Kier alpha value is -0.440. The largest absolute Gasteiger partial charge is 0.481 e. The van der Waals surface area contributed by atoms with E-state index in [1.54, 1.807) is 12.1 Å². The van der Waals surface area contributed by atoms with Gasteiger partial charge >= 0.3 is 5.97 Å². The first-order chi connectivity index (χ1) is 8.80. The van der Waals surface area contributed by atoms with Crippen molar-refractivity contribution in [3.63, 3.8) is 0 Å². The Morgan fingerprint density at radius 3 is 2.58 bits per heavy atom. The van der Waals surface area contributed by atoms with Gasteiger partial charge in [0.15, 0.2) is 0 Å². The highest BCUT2D eigenvalue weighted by atomic mass is 79.9. The van der Waals surface area contributed by atoms with Crippen LogP contribution in [0.15, 0.2) is 32.0 Å². The van der Waals surface area contributed by atoms with Gasteiger partial charge in [-0.2, -0.15) is 4.31 Å². The van der Waals surface area contributed by atoms with E-state index < -0.39 is 16.0 Å². The normalized spacial score (nSPS) is 17.2. The van der Waals surface area contributed by atoms with Crippen molar-refractivity contribution < 1.29 is 18.3 Å². The van der Waals surface area contributed by atoms with Gasteiger partial charge in [0.2, 0.25) is 10.0 Å². The average molecular weight is 413 g/mol. The van der Waals surface area contributed by atoms with Crippen LogP contribution in [0, 0.1) is 5.92 Å². The van der Waals surface area contributed by atoms with Gasteiger partial charge in [-0.1, -0.05) is 15.9 Å². The van der Waals surface area contributed by atoms with E-state index >= 15 is 0 Å². The lowest BCUT2D eigenvalue weighted by atomic mass is 10.00. The number of carboxylic acids is 1. The molecule has 0 amide bonds. The van der Waals surface area contributed by atoms with Crippen LogP contribution in [0.5, 0.6) is 0 Å². The zero-order valence-electron chi connectivity index (χ0n) is 9.71. The molecule has 1 saturated heterocycles. The summed E-state index contributed by atoms with van der Waals surface area (Å²) in [6.07, 6.45) is 0.00563. The second kappa shape index (κ2) is 5.51. The maximum absolute atomic E-state index is 12.3. The van der Waals surface area contributed by atoms with Crippen molar-refractivity contribution in [3.8, 4) is 0 Å². The zero-order chi connectivity index (χ0) is 14.2. The number of hydrogen-bond acceptors (Lipinski definition) is 3. The van der Waals surface area contributed by atoms with Crippen molar-refractivity contribution >= 4 is 47.9 Å². The zero-order valence-corrected chi connectivity index (χ0v) is 13.7. The number of benzene rings is 1. The molecule has 1 N–H and O–H groups in total. The lowest BCUT2D eigenvalue weighted by Crippen LogP contribution is -2.50. The van der Waals surface area contributed by atoms with E-state index in [-0.39, 0.29) is 30.3 Å². The van der Waals surface area contributed by atoms with Crippen molar-refractivity contribution in [3.05, 3.63) is 27.1 Å². The lowest BCUT2D eigenvalue weighted by molar-refractivity contribution is -0.139. The van der Waals surface area contributed by atoms with Crippen LogP contribution in [0.4, 0.5) is 0 Å². The fourth-order valence-corrected chi connectivity index (χ4v) is 4.96. The summed E-state index contributed by atoms with van der Waals surface area (Å²) in [5, 5.41) is 8.65. The molecule has 0 atom stereocenters. The van der Waals surface area contributed by atoms with E-state index in [0.29, 0.717) is 8.95 Å². The van der Waals surface area contributed by atoms with Crippen LogP contribution in [0.25, 0.3) is 0 Å². The Bertz CT molecular complexity index is 611. The first kappa shape index (κ1) is 15.0. The Morgan fingerprint density at radius 2 is 2.00 bits per heavy atom. The fraction of sp³-hybridized carbons (Fsp3) is 0.364. The molecule has 0 aliphatic carbocycles. The SMILES string of the molecule is O=C(O)CC1CN(S(=O)(=O)c2cc(Br)ccc2Br)C1. The van der Waals surface area contributed by atoms with Crippen molar-refractivity contribution in [2.45, 2.75) is 11.3 Å². The third-order valence-corrected chi connectivity index (χ3v) is 6.22. The third kappa shape index (κ3) is 3.18. The molecule has 0 bridgehead atoms. The molecule has 8 heteroatoms. The highest BCUT2D eigenvalue weighted by Gasteiger charge is 2.38. The summed E-state index contributed by atoms with van der Waals surface area (Å²) in [5.74, 6) is -0.996. The number of carbonyl (C=O) groups is 1. The molecule has 1 fully saturated rings. The second-order valence-electron chi connectivity index (χ2n) is 4.36. The minimum absolute atomic E-state index is 0.00563. The first-order valence-corrected chi connectivity index (χ1v) is 8.50. The molecule has 1 aliphatic heterocycles. The van der Waals surface area contributed by atoms with Gasteiger partial charge < -0.3 is 5.11 Å². The van der Waals surface area contributed by atoms with E-state index in [1.165, 1.54) is 10.4 Å². The summed E-state index contributed by atoms with van der Waals surface area (Å²) in [5.41, 5.74) is 0. The van der Waals surface area contributed by atoms with Gasteiger partial charge in [0, 0.05) is 22.0 Å². The van der Waals surface area contributed by atoms with Crippen LogP contribution in [0.1, 0.15) is 6.42 Å². The van der Waals surface area contributed by atoms with Crippen molar-refractivity contribution in [1.29, 1.82) is 0 Å². The fourth-order valence-electron chi connectivity index (χ4n) is 1.91. The summed E-state index contributed by atoms with van der Waals surface area (Å²) in [6.45, 7) is 0.515. The van der Waals surface area contributed by atoms with Crippen LogP contribution in [0.2, 0.25) is 0 Å². The van der Waals surface area contributed by atoms with Gasteiger partial charge in [0.05, 0.1) is 11.3 Å². The standard InChI is InChI=1S/C11H11Br2NO4S/c12-8-1-2-9(13)10(4-8)19(17,18)14-5-7(6-14)3-11(15)16/h1-2,4,7H,3,5-6H2,(H,15,16). The van der Waals surface area contributed by atoms with Gasteiger partial charge in [-0.15, -0.1) is 0 Å². The second-order valence-corrected chi connectivity index (χ2v) is 8.04. The summed E-state index contributed by atoms with van der Waals surface area (Å²) in [7, 11) is -3.56. The molecule has 104 valence electrons. The van der Waals surface area contributed by atoms with Gasteiger partial charge in [-0.25, -0.2) is 8.42 Å². The topological polar surface area (TPSA) is 74.7 Å². The smallest absolute Gasteiger partial charge is 0.303 e. The van der Waals surface area contributed by atoms with E-state index in [9.17, 15) is 13.2 Å². The maximum Gasteiger partial charge on any atom is 0.303 e. The molecular formula is C11H11Br2NO4S. The molecule has 5 nitrogen and oxygen atoms in total. The lowest BCUT2D eigenvalue weighted by Gasteiger charge is -2.37. The van der Waals surface area contributed by atoms with Crippen molar-refractivity contribution in [2.75, 3.05) is 13.1 Å². The van der Waals surface area contributed by atoms with E-state index in [2.05, 4.69) is 31.9 Å². The van der Waals surface area contributed by atoms with Crippen LogP contribution >= 0.6 is 31.9 Å². The number of aliphatic carboxylic acids is 1. The number of rotatable bonds is 4. The number of carboxylic acid groups (broad SMARTS) is 1. The summed E-state index contributed by atoms with van der Waals surface area (Å²) >= 11 is 6.46. The average Bonchev–Trinajstić information content (AvgIpc) is 2.25. The number of sulfonamides is 1. The molecule has 0 spiro atoms. The third-order valence-electron chi connectivity index (χ3n) is 2.90. The highest BCUT2D eigenvalue weighted by Crippen LogP contribution is 2.32. The molecule has 0 aromatic heterocycles. The van der Waals surface area contributed by atoms with Gasteiger partial charge in [0.1, 0.15) is 0 Å². The van der Waals surface area contributed by atoms with Crippen LogP contribution in [-0.4, -0.2) is 36.9 Å². The van der Waals surface area contributed by atoms with Gasteiger partial charge in [-0.3, -0.25) is 4.79 Å². The molecule has 0 radical (unpaired) electrons. The summed E-state index contributed by atoms with van der Waals surface area (Å²) < 4.78 is 27.2. The molecular weight excluding hydrogens is 402 g/mol. The number of nitrogens with zero attached hydrogens (tertiary/aromatic N) is 1. The molecule has 1 aromatic carbocycles. The summed E-state index contributed by atoms with van der Waals surface area (Å²) in [4.78, 5) is 10.7. The molecule has 2 rings (SSSR count). The molecule has 19 heavy (non-hydrogen) atoms. The molecule has 1 aromatic rings. The first-order valence-electron chi connectivity index (χ1n) is 5.47. The molecule has 0 unspecified atom stereocenters. The van der Waals surface area contributed by atoms with Crippen molar-refractivity contribution in [2.24, 2.45) is 5.92 Å². The Morgan fingerprint density at radius 1 is 1.37 bits per heavy atom. The molecule has 1 aliphatic rings. The van der Waals surface area contributed by atoms with E-state index in [1.807, 2.05) is 0 Å². The minimum Gasteiger partial charge on any atom is -0.481 e. The van der Waals surface area contributed by atoms with E-state index in [4.69, 9.17) is 5.11 Å². The van der Waals surface area contributed by atoms with Crippen LogP contribution in [0.3, 0.4) is 0 Å². The van der Waals surface area contributed by atoms with Crippen LogP contribution < -0.4 is 0 Å².